The summed E-state index contributed by atoms with van der Waals surface area (Å²) in [6, 6.07) is 5.57. The molecule has 0 spiro atoms. The second-order valence-electron chi connectivity index (χ2n) is 5.00. The molecule has 4 heteroatoms. The van der Waals surface area contributed by atoms with Gasteiger partial charge in [-0.25, -0.2) is 4.98 Å². The number of halogens is 2. The van der Waals surface area contributed by atoms with E-state index < -0.39 is 0 Å². The third-order valence-corrected chi connectivity index (χ3v) is 3.35. The normalized spacial score (nSPS) is 11.8. The molecule has 1 N–H and O–H groups in total. The zero-order valence-corrected chi connectivity index (χ0v) is 11.5. The van der Waals surface area contributed by atoms with E-state index in [0.717, 1.165) is 17.1 Å². The first-order valence-electron chi connectivity index (χ1n) is 5.39. The van der Waals surface area contributed by atoms with E-state index in [1.807, 2.05) is 12.1 Å². The molecule has 0 aliphatic heterocycles. The molecule has 0 aliphatic rings. The van der Waals surface area contributed by atoms with Gasteiger partial charge in [-0.15, -0.1) is 0 Å². The average Bonchev–Trinajstić information content (AvgIpc) is 2.70. The highest BCUT2D eigenvalue weighted by Gasteiger charge is 2.18. The molecule has 2 aromatic rings. The number of rotatable bonds is 1. The number of benzene rings is 1. The molecule has 90 valence electrons. The van der Waals surface area contributed by atoms with Crippen LogP contribution in [0.15, 0.2) is 24.4 Å². The summed E-state index contributed by atoms with van der Waals surface area (Å²) in [5.41, 5.74) is 1.76. The molecule has 0 radical (unpaired) electrons. The minimum Gasteiger partial charge on any atom is -0.342 e. The fraction of sp³-hybridized carbons (Fsp3) is 0.308. The SMILES string of the molecule is CC(C)(C)c1ncc(-c2cccc(Cl)c2Cl)[nH]1. The molecule has 1 aromatic carbocycles. The van der Waals surface area contributed by atoms with Crippen molar-refractivity contribution in [3.8, 4) is 11.3 Å². The monoisotopic (exact) mass is 268 g/mol. The summed E-state index contributed by atoms with van der Waals surface area (Å²) in [4.78, 5) is 7.66. The van der Waals surface area contributed by atoms with Gasteiger partial charge in [-0.1, -0.05) is 56.1 Å². The lowest BCUT2D eigenvalue weighted by Gasteiger charge is -2.14. The Balaban J connectivity index is 2.48. The Kier molecular flexibility index (Phi) is 3.19. The van der Waals surface area contributed by atoms with E-state index in [4.69, 9.17) is 23.2 Å². The van der Waals surface area contributed by atoms with E-state index in [1.165, 1.54) is 0 Å². The van der Waals surface area contributed by atoms with Gasteiger partial charge in [0.2, 0.25) is 0 Å². The maximum atomic E-state index is 6.17. The molecule has 1 aromatic heterocycles. The van der Waals surface area contributed by atoms with E-state index in [-0.39, 0.29) is 5.41 Å². The number of hydrogen-bond donors (Lipinski definition) is 1. The minimum atomic E-state index is -0.0106. The second kappa shape index (κ2) is 4.35. The van der Waals surface area contributed by atoms with Crippen LogP contribution in [0.3, 0.4) is 0 Å². The van der Waals surface area contributed by atoms with Crippen molar-refractivity contribution in [2.45, 2.75) is 26.2 Å². The Morgan fingerprint density at radius 1 is 1.18 bits per heavy atom. The topological polar surface area (TPSA) is 28.7 Å². The molecule has 0 bridgehead atoms. The predicted octanol–water partition coefficient (Wildman–Crippen LogP) is 4.68. The van der Waals surface area contributed by atoms with Crippen molar-refractivity contribution in [2.24, 2.45) is 0 Å². The van der Waals surface area contributed by atoms with Gasteiger partial charge < -0.3 is 4.98 Å². The van der Waals surface area contributed by atoms with Crippen molar-refractivity contribution in [3.63, 3.8) is 0 Å². The number of aromatic amines is 1. The first-order valence-corrected chi connectivity index (χ1v) is 6.15. The van der Waals surface area contributed by atoms with Crippen molar-refractivity contribution < 1.29 is 0 Å². The van der Waals surface area contributed by atoms with Crippen LogP contribution in [-0.4, -0.2) is 9.97 Å². The summed E-state index contributed by atoms with van der Waals surface area (Å²) >= 11 is 12.2. The molecule has 0 fully saturated rings. The molecule has 0 unspecified atom stereocenters. The van der Waals surface area contributed by atoms with Gasteiger partial charge in [0.15, 0.2) is 0 Å². The highest BCUT2D eigenvalue weighted by atomic mass is 35.5. The van der Waals surface area contributed by atoms with Crippen LogP contribution in [0.25, 0.3) is 11.3 Å². The van der Waals surface area contributed by atoms with Gasteiger partial charge in [-0.2, -0.15) is 0 Å². The molecule has 2 rings (SSSR count). The molecular weight excluding hydrogens is 255 g/mol. The third kappa shape index (κ3) is 2.48. The van der Waals surface area contributed by atoms with E-state index in [2.05, 4.69) is 30.7 Å². The third-order valence-electron chi connectivity index (χ3n) is 2.53. The van der Waals surface area contributed by atoms with Crippen LogP contribution in [0.5, 0.6) is 0 Å². The summed E-state index contributed by atoms with van der Waals surface area (Å²) in [7, 11) is 0. The van der Waals surface area contributed by atoms with Crippen molar-refractivity contribution in [1.82, 2.24) is 9.97 Å². The number of H-pyrrole nitrogens is 1. The zero-order chi connectivity index (χ0) is 12.6. The summed E-state index contributed by atoms with van der Waals surface area (Å²) in [6.45, 7) is 6.32. The second-order valence-corrected chi connectivity index (χ2v) is 5.78. The molecule has 0 aliphatic carbocycles. The number of imidazole rings is 1. The van der Waals surface area contributed by atoms with Crippen LogP contribution >= 0.6 is 23.2 Å². The van der Waals surface area contributed by atoms with Crippen molar-refractivity contribution in [2.75, 3.05) is 0 Å². The van der Waals surface area contributed by atoms with Crippen molar-refractivity contribution >= 4 is 23.2 Å². The van der Waals surface area contributed by atoms with Crippen LogP contribution in [0, 0.1) is 0 Å². The zero-order valence-electron chi connectivity index (χ0n) is 10.0. The smallest absolute Gasteiger partial charge is 0.111 e. The lowest BCUT2D eigenvalue weighted by molar-refractivity contribution is 0.553. The molecule has 0 saturated carbocycles. The van der Waals surface area contributed by atoms with Gasteiger partial charge >= 0.3 is 0 Å². The maximum absolute atomic E-state index is 6.17. The fourth-order valence-electron chi connectivity index (χ4n) is 1.55. The van der Waals surface area contributed by atoms with Crippen LogP contribution < -0.4 is 0 Å². The predicted molar refractivity (Wildman–Crippen MR) is 72.7 cm³/mol. The lowest BCUT2D eigenvalue weighted by Crippen LogP contribution is -2.13. The average molecular weight is 269 g/mol. The number of aromatic nitrogens is 2. The quantitative estimate of drug-likeness (QED) is 0.799. The largest absolute Gasteiger partial charge is 0.342 e. The number of nitrogens with zero attached hydrogens (tertiary/aromatic N) is 1. The molecule has 0 saturated heterocycles. The highest BCUT2D eigenvalue weighted by Crippen LogP contribution is 2.33. The molecule has 2 nitrogen and oxygen atoms in total. The van der Waals surface area contributed by atoms with E-state index >= 15 is 0 Å². The molecular formula is C13H14Cl2N2. The van der Waals surface area contributed by atoms with Gasteiger partial charge in [0.05, 0.1) is 21.9 Å². The molecule has 0 atom stereocenters. The summed E-state index contributed by atoms with van der Waals surface area (Å²) in [6.07, 6.45) is 1.79. The fourth-order valence-corrected chi connectivity index (χ4v) is 1.95. The van der Waals surface area contributed by atoms with Gasteiger partial charge in [0.25, 0.3) is 0 Å². The van der Waals surface area contributed by atoms with Crippen molar-refractivity contribution in [3.05, 3.63) is 40.3 Å². The van der Waals surface area contributed by atoms with Gasteiger partial charge in [-0.05, 0) is 6.07 Å². The summed E-state index contributed by atoms with van der Waals surface area (Å²) in [5.74, 6) is 0.934. The minimum absolute atomic E-state index is 0.0106. The van der Waals surface area contributed by atoms with E-state index in [0.29, 0.717) is 10.0 Å². The highest BCUT2D eigenvalue weighted by molar-refractivity contribution is 6.43. The standard InChI is InChI=1S/C13H14Cl2N2/c1-13(2,3)12-16-7-10(17-12)8-5-4-6-9(14)11(8)15/h4-7H,1-3H3,(H,16,17). The summed E-state index contributed by atoms with van der Waals surface area (Å²) in [5, 5.41) is 1.11. The maximum Gasteiger partial charge on any atom is 0.111 e. The van der Waals surface area contributed by atoms with E-state index in [1.54, 1.807) is 12.3 Å². The Morgan fingerprint density at radius 3 is 2.47 bits per heavy atom. The Bertz CT molecular complexity index is 539. The van der Waals surface area contributed by atoms with Gasteiger partial charge in [0, 0.05) is 11.0 Å². The first kappa shape index (κ1) is 12.5. The van der Waals surface area contributed by atoms with Crippen LogP contribution in [0.4, 0.5) is 0 Å². The number of nitrogens with one attached hydrogen (secondary N) is 1. The summed E-state index contributed by atoms with van der Waals surface area (Å²) < 4.78 is 0. The first-order chi connectivity index (χ1) is 7.89. The van der Waals surface area contributed by atoms with E-state index in [9.17, 15) is 0 Å². The van der Waals surface area contributed by atoms with Gasteiger partial charge in [0.1, 0.15) is 5.82 Å². The van der Waals surface area contributed by atoms with Crippen molar-refractivity contribution in [1.29, 1.82) is 0 Å². The Morgan fingerprint density at radius 2 is 1.88 bits per heavy atom. The molecule has 1 heterocycles. The molecule has 0 amide bonds. The number of hydrogen-bond acceptors (Lipinski definition) is 1. The lowest BCUT2D eigenvalue weighted by atomic mass is 9.96. The Labute approximate surface area is 111 Å². The Hall–Kier alpha value is -0.990. The van der Waals surface area contributed by atoms with Gasteiger partial charge in [-0.3, -0.25) is 0 Å². The van der Waals surface area contributed by atoms with Crippen LogP contribution in [0.1, 0.15) is 26.6 Å². The van der Waals surface area contributed by atoms with Crippen LogP contribution in [0.2, 0.25) is 10.0 Å². The van der Waals surface area contributed by atoms with Crippen LogP contribution in [-0.2, 0) is 5.41 Å². The molecule has 17 heavy (non-hydrogen) atoms.